The molecule has 1 aromatic carbocycles. The van der Waals surface area contributed by atoms with E-state index in [0.717, 1.165) is 56.8 Å². The number of benzene rings is 1. The Morgan fingerprint density at radius 2 is 2.05 bits per heavy atom. The third-order valence-corrected chi connectivity index (χ3v) is 4.31. The first-order chi connectivity index (χ1) is 10.1. The van der Waals surface area contributed by atoms with Crippen molar-refractivity contribution in [3.8, 4) is 0 Å². The normalized spacial score (nSPS) is 20.0. The Hall–Kier alpha value is -1.13. The summed E-state index contributed by atoms with van der Waals surface area (Å²) < 4.78 is 13.9. The highest BCUT2D eigenvalue weighted by Gasteiger charge is 2.23. The molecule has 1 aromatic rings. The Bertz CT molecular complexity index is 450. The maximum Gasteiger partial charge on any atom is 0.125 e. The zero-order valence-electron chi connectivity index (χ0n) is 13.5. The fraction of sp³-hybridized carbons (Fsp3) is 0.647. The first-order valence-corrected chi connectivity index (χ1v) is 8.09. The van der Waals surface area contributed by atoms with E-state index in [1.807, 2.05) is 0 Å². The van der Waals surface area contributed by atoms with E-state index in [1.165, 1.54) is 0 Å². The van der Waals surface area contributed by atoms with Gasteiger partial charge in [0.25, 0.3) is 0 Å². The summed E-state index contributed by atoms with van der Waals surface area (Å²) >= 11 is 0. The van der Waals surface area contributed by atoms with Gasteiger partial charge in [-0.1, -0.05) is 13.8 Å². The van der Waals surface area contributed by atoms with Crippen LogP contribution in [-0.2, 0) is 6.54 Å². The van der Waals surface area contributed by atoms with Gasteiger partial charge in [-0.3, -0.25) is 4.90 Å². The van der Waals surface area contributed by atoms with Crippen molar-refractivity contribution in [1.29, 1.82) is 0 Å². The van der Waals surface area contributed by atoms with Gasteiger partial charge in [0.1, 0.15) is 5.82 Å². The van der Waals surface area contributed by atoms with Crippen LogP contribution in [0, 0.1) is 5.82 Å². The molecule has 1 saturated heterocycles. The third kappa shape index (κ3) is 4.42. The number of rotatable bonds is 6. The molecule has 0 amide bonds. The fourth-order valence-corrected chi connectivity index (χ4v) is 2.95. The highest BCUT2D eigenvalue weighted by atomic mass is 19.1. The van der Waals surface area contributed by atoms with Gasteiger partial charge in [0.15, 0.2) is 0 Å². The Morgan fingerprint density at radius 3 is 2.76 bits per heavy atom. The van der Waals surface area contributed by atoms with E-state index in [4.69, 9.17) is 0 Å². The summed E-state index contributed by atoms with van der Waals surface area (Å²) in [5, 5.41) is 3.34. The quantitative estimate of drug-likeness (QED) is 0.814. The van der Waals surface area contributed by atoms with Gasteiger partial charge in [0.2, 0.25) is 0 Å². The molecule has 1 fully saturated rings. The molecule has 4 heteroatoms. The molecule has 2 rings (SSSR count). The SMILES string of the molecule is CCCNCc1cc(F)cc(N2CCN(C)C(CC)C2)c1. The lowest BCUT2D eigenvalue weighted by atomic mass is 10.1. The van der Waals surface area contributed by atoms with Gasteiger partial charge >= 0.3 is 0 Å². The summed E-state index contributed by atoms with van der Waals surface area (Å²) in [6, 6.07) is 5.99. The molecular weight excluding hydrogens is 265 g/mol. The number of halogens is 1. The molecule has 0 radical (unpaired) electrons. The van der Waals surface area contributed by atoms with Crippen molar-refractivity contribution in [2.45, 2.75) is 39.3 Å². The van der Waals surface area contributed by atoms with Gasteiger partial charge in [0.05, 0.1) is 0 Å². The predicted molar refractivity (Wildman–Crippen MR) is 87.3 cm³/mol. The van der Waals surface area contributed by atoms with Crippen LogP contribution in [0.1, 0.15) is 32.3 Å². The van der Waals surface area contributed by atoms with Gasteiger partial charge in [-0.05, 0) is 50.2 Å². The van der Waals surface area contributed by atoms with Crippen LogP contribution in [0.25, 0.3) is 0 Å². The lowest BCUT2D eigenvalue weighted by Crippen LogP contribution is -2.51. The number of hydrogen-bond donors (Lipinski definition) is 1. The number of hydrogen-bond acceptors (Lipinski definition) is 3. The van der Waals surface area contributed by atoms with Crippen molar-refractivity contribution in [3.63, 3.8) is 0 Å². The third-order valence-electron chi connectivity index (χ3n) is 4.31. The second-order valence-corrected chi connectivity index (χ2v) is 5.98. The smallest absolute Gasteiger partial charge is 0.125 e. The second kappa shape index (κ2) is 7.76. The Balaban J connectivity index is 2.08. The Morgan fingerprint density at radius 1 is 1.24 bits per heavy atom. The number of piperazine rings is 1. The molecule has 1 unspecified atom stereocenters. The van der Waals surface area contributed by atoms with Crippen molar-refractivity contribution in [2.75, 3.05) is 38.1 Å². The lowest BCUT2D eigenvalue weighted by molar-refractivity contribution is 0.213. The molecular formula is C17H28FN3. The van der Waals surface area contributed by atoms with Crippen molar-refractivity contribution in [3.05, 3.63) is 29.6 Å². The molecule has 1 heterocycles. The van der Waals surface area contributed by atoms with Crippen LogP contribution < -0.4 is 10.2 Å². The molecule has 1 aliphatic rings. The fourth-order valence-electron chi connectivity index (χ4n) is 2.95. The van der Waals surface area contributed by atoms with E-state index in [0.29, 0.717) is 6.04 Å². The van der Waals surface area contributed by atoms with Gasteiger partial charge in [0, 0.05) is 37.9 Å². The minimum Gasteiger partial charge on any atom is -0.369 e. The summed E-state index contributed by atoms with van der Waals surface area (Å²) in [5.41, 5.74) is 2.06. The molecule has 3 nitrogen and oxygen atoms in total. The molecule has 0 bridgehead atoms. The van der Waals surface area contributed by atoms with Crippen LogP contribution in [0.5, 0.6) is 0 Å². The van der Waals surface area contributed by atoms with E-state index in [1.54, 1.807) is 12.1 Å². The maximum absolute atomic E-state index is 13.9. The number of nitrogens with one attached hydrogen (secondary N) is 1. The van der Waals surface area contributed by atoms with Crippen LogP contribution in [-0.4, -0.2) is 44.2 Å². The number of anilines is 1. The number of likely N-dealkylation sites (N-methyl/N-ethyl adjacent to an activating group) is 1. The van der Waals surface area contributed by atoms with Crippen molar-refractivity contribution >= 4 is 5.69 Å². The molecule has 0 aromatic heterocycles. The molecule has 1 N–H and O–H groups in total. The highest BCUT2D eigenvalue weighted by molar-refractivity contribution is 5.49. The zero-order chi connectivity index (χ0) is 15.2. The summed E-state index contributed by atoms with van der Waals surface area (Å²) in [5.74, 6) is -0.132. The minimum absolute atomic E-state index is 0.132. The standard InChI is InChI=1S/C17H28FN3/c1-4-6-19-12-14-9-15(18)11-17(10-14)21-8-7-20(3)16(5-2)13-21/h9-11,16,19H,4-8,12-13H2,1-3H3. The molecule has 1 atom stereocenters. The van der Waals surface area contributed by atoms with Gasteiger partial charge in [-0.15, -0.1) is 0 Å². The van der Waals surface area contributed by atoms with Crippen molar-refractivity contribution in [2.24, 2.45) is 0 Å². The van der Waals surface area contributed by atoms with Crippen molar-refractivity contribution < 1.29 is 4.39 Å². The lowest BCUT2D eigenvalue weighted by Gasteiger charge is -2.40. The van der Waals surface area contributed by atoms with Crippen LogP contribution in [0.15, 0.2) is 18.2 Å². The zero-order valence-corrected chi connectivity index (χ0v) is 13.5. The molecule has 118 valence electrons. The first kappa shape index (κ1) is 16.2. The molecule has 0 spiro atoms. The Labute approximate surface area is 128 Å². The van der Waals surface area contributed by atoms with Crippen LogP contribution in [0.4, 0.5) is 10.1 Å². The van der Waals surface area contributed by atoms with Gasteiger partial charge in [-0.25, -0.2) is 4.39 Å². The van der Waals surface area contributed by atoms with Crippen LogP contribution in [0.2, 0.25) is 0 Å². The van der Waals surface area contributed by atoms with Crippen LogP contribution >= 0.6 is 0 Å². The van der Waals surface area contributed by atoms with E-state index >= 15 is 0 Å². The average Bonchev–Trinajstić information content (AvgIpc) is 2.47. The van der Waals surface area contributed by atoms with Crippen molar-refractivity contribution in [1.82, 2.24) is 10.2 Å². The van der Waals surface area contributed by atoms with Gasteiger partial charge < -0.3 is 10.2 Å². The monoisotopic (exact) mass is 293 g/mol. The molecule has 0 aliphatic carbocycles. The molecule has 21 heavy (non-hydrogen) atoms. The Kier molecular flexibility index (Phi) is 6.00. The summed E-state index contributed by atoms with van der Waals surface area (Å²) in [4.78, 5) is 4.72. The minimum atomic E-state index is -0.132. The first-order valence-electron chi connectivity index (χ1n) is 8.09. The maximum atomic E-state index is 13.9. The average molecular weight is 293 g/mol. The topological polar surface area (TPSA) is 18.5 Å². The second-order valence-electron chi connectivity index (χ2n) is 5.98. The largest absolute Gasteiger partial charge is 0.369 e. The van der Waals surface area contributed by atoms with E-state index in [2.05, 4.69) is 42.1 Å². The van der Waals surface area contributed by atoms with E-state index in [-0.39, 0.29) is 5.82 Å². The summed E-state index contributed by atoms with van der Waals surface area (Å²) in [6.45, 7) is 9.06. The number of nitrogens with zero attached hydrogens (tertiary/aromatic N) is 2. The van der Waals surface area contributed by atoms with Crippen LogP contribution in [0.3, 0.4) is 0 Å². The van der Waals surface area contributed by atoms with E-state index < -0.39 is 0 Å². The highest BCUT2D eigenvalue weighted by Crippen LogP contribution is 2.22. The summed E-state index contributed by atoms with van der Waals surface area (Å²) in [6.07, 6.45) is 2.23. The van der Waals surface area contributed by atoms with Gasteiger partial charge in [-0.2, -0.15) is 0 Å². The molecule has 1 aliphatic heterocycles. The molecule has 0 saturated carbocycles. The van der Waals surface area contributed by atoms with E-state index in [9.17, 15) is 4.39 Å². The predicted octanol–water partition coefficient (Wildman–Crippen LogP) is 2.86. The summed E-state index contributed by atoms with van der Waals surface area (Å²) in [7, 11) is 2.18.